The van der Waals surface area contributed by atoms with Crippen LogP contribution in [0.4, 0.5) is 0 Å². The molecule has 20 heavy (non-hydrogen) atoms. The van der Waals surface area contributed by atoms with Crippen molar-refractivity contribution in [3.8, 4) is 0 Å². The van der Waals surface area contributed by atoms with Crippen LogP contribution in [0.1, 0.15) is 26.2 Å². The van der Waals surface area contributed by atoms with Crippen molar-refractivity contribution < 1.29 is 9.90 Å². The van der Waals surface area contributed by atoms with Gasteiger partial charge in [0.1, 0.15) is 0 Å². The highest BCUT2D eigenvalue weighted by Crippen LogP contribution is 2.33. The van der Waals surface area contributed by atoms with E-state index in [0.717, 1.165) is 25.9 Å². The van der Waals surface area contributed by atoms with Crippen molar-refractivity contribution in [2.45, 2.75) is 31.8 Å². The van der Waals surface area contributed by atoms with E-state index in [2.05, 4.69) is 18.9 Å². The minimum atomic E-state index is -0.740. The Bertz CT molecular complexity index is 374. The van der Waals surface area contributed by atoms with Gasteiger partial charge in [0.2, 0.25) is 5.91 Å². The van der Waals surface area contributed by atoms with E-state index in [0.29, 0.717) is 26.1 Å². The molecule has 2 rings (SSSR count). The van der Waals surface area contributed by atoms with Crippen molar-refractivity contribution >= 4 is 5.91 Å². The maximum atomic E-state index is 12.8. The molecular formula is C15H29N3O2. The second-order valence-electron chi connectivity index (χ2n) is 7.34. The first-order valence-corrected chi connectivity index (χ1v) is 7.59. The third-order valence-corrected chi connectivity index (χ3v) is 4.63. The van der Waals surface area contributed by atoms with Crippen LogP contribution in [0.2, 0.25) is 0 Å². The van der Waals surface area contributed by atoms with Gasteiger partial charge in [0.25, 0.3) is 0 Å². The number of hydrogen-bond acceptors (Lipinski definition) is 4. The van der Waals surface area contributed by atoms with Gasteiger partial charge in [0, 0.05) is 19.6 Å². The molecule has 2 aliphatic rings. The van der Waals surface area contributed by atoms with E-state index in [1.54, 1.807) is 0 Å². The molecule has 2 aliphatic heterocycles. The minimum Gasteiger partial charge on any atom is -0.387 e. The molecule has 0 aromatic heterocycles. The Morgan fingerprint density at radius 1 is 1.25 bits per heavy atom. The molecule has 2 atom stereocenters. The summed E-state index contributed by atoms with van der Waals surface area (Å²) in [6.45, 7) is 5.76. The predicted molar refractivity (Wildman–Crippen MR) is 79.5 cm³/mol. The second kappa shape index (κ2) is 5.62. The molecule has 5 nitrogen and oxygen atoms in total. The SMILES string of the molecule is CN(C)C[C@]1(O)CCN(C(=O)[C@]2(C)CCCN(C)C2)C1. The minimum absolute atomic E-state index is 0.221. The summed E-state index contributed by atoms with van der Waals surface area (Å²) in [5.74, 6) is 0.221. The average molecular weight is 283 g/mol. The van der Waals surface area contributed by atoms with Crippen LogP contribution < -0.4 is 0 Å². The molecule has 0 aromatic rings. The fourth-order valence-electron chi connectivity index (χ4n) is 3.80. The summed E-state index contributed by atoms with van der Waals surface area (Å²) in [6.07, 6.45) is 2.72. The summed E-state index contributed by atoms with van der Waals surface area (Å²) in [4.78, 5) is 18.9. The van der Waals surface area contributed by atoms with E-state index >= 15 is 0 Å². The topological polar surface area (TPSA) is 47.0 Å². The Balaban J connectivity index is 2.00. The van der Waals surface area contributed by atoms with Gasteiger partial charge in [-0.05, 0) is 53.9 Å². The standard InChI is InChI=1S/C15H29N3O2/c1-14(6-5-8-17(4)10-14)13(19)18-9-7-15(20,12-18)11-16(2)3/h20H,5-12H2,1-4H3/t14-,15-/m1/s1. The number of β-amino-alcohol motifs (C(OH)–C–C–N with tert-alkyl or cyclic N) is 1. The highest BCUT2D eigenvalue weighted by atomic mass is 16.3. The van der Waals surface area contributed by atoms with Gasteiger partial charge in [-0.15, -0.1) is 0 Å². The highest BCUT2D eigenvalue weighted by molar-refractivity contribution is 5.83. The van der Waals surface area contributed by atoms with Gasteiger partial charge in [0.05, 0.1) is 17.6 Å². The number of likely N-dealkylation sites (tertiary alicyclic amines) is 2. The predicted octanol–water partition coefficient (Wildman–Crippen LogP) is 0.243. The van der Waals surface area contributed by atoms with E-state index in [9.17, 15) is 9.90 Å². The lowest BCUT2D eigenvalue weighted by Gasteiger charge is -2.40. The lowest BCUT2D eigenvalue weighted by Crippen LogP contribution is -2.51. The molecule has 2 heterocycles. The van der Waals surface area contributed by atoms with Gasteiger partial charge in [0.15, 0.2) is 0 Å². The van der Waals surface area contributed by atoms with Gasteiger partial charge in [-0.25, -0.2) is 0 Å². The third-order valence-electron chi connectivity index (χ3n) is 4.63. The number of nitrogens with zero attached hydrogens (tertiary/aromatic N) is 3. The van der Waals surface area contributed by atoms with Gasteiger partial charge in [-0.3, -0.25) is 4.79 Å². The lowest BCUT2D eigenvalue weighted by atomic mass is 9.80. The summed E-state index contributed by atoms with van der Waals surface area (Å²) in [5.41, 5.74) is -1.02. The molecule has 2 fully saturated rings. The monoisotopic (exact) mass is 283 g/mol. The molecule has 0 saturated carbocycles. The number of carbonyl (C=O) groups is 1. The Hall–Kier alpha value is -0.650. The Kier molecular flexibility index (Phi) is 4.42. The van der Waals surface area contributed by atoms with Crippen LogP contribution in [0.25, 0.3) is 0 Å². The van der Waals surface area contributed by atoms with Crippen LogP contribution in [-0.4, -0.2) is 85.2 Å². The number of carbonyl (C=O) groups excluding carboxylic acids is 1. The molecular weight excluding hydrogens is 254 g/mol. The van der Waals surface area contributed by atoms with Gasteiger partial charge in [-0.2, -0.15) is 0 Å². The fourth-order valence-corrected chi connectivity index (χ4v) is 3.80. The number of likely N-dealkylation sites (N-methyl/N-ethyl adjacent to an activating group) is 1. The molecule has 5 heteroatoms. The largest absolute Gasteiger partial charge is 0.387 e. The van der Waals surface area contributed by atoms with Crippen LogP contribution in [0.3, 0.4) is 0 Å². The first kappa shape index (κ1) is 15.7. The lowest BCUT2D eigenvalue weighted by molar-refractivity contribution is -0.144. The van der Waals surface area contributed by atoms with Crippen molar-refractivity contribution in [1.82, 2.24) is 14.7 Å². The number of amides is 1. The van der Waals surface area contributed by atoms with E-state index in [1.807, 2.05) is 23.9 Å². The number of hydrogen-bond donors (Lipinski definition) is 1. The molecule has 1 amide bonds. The smallest absolute Gasteiger partial charge is 0.229 e. The fraction of sp³-hybridized carbons (Fsp3) is 0.933. The first-order chi connectivity index (χ1) is 9.24. The molecule has 0 bridgehead atoms. The van der Waals surface area contributed by atoms with Crippen LogP contribution in [0, 0.1) is 5.41 Å². The summed E-state index contributed by atoms with van der Waals surface area (Å²) >= 11 is 0. The summed E-state index contributed by atoms with van der Waals surface area (Å²) < 4.78 is 0. The third kappa shape index (κ3) is 3.32. The molecule has 0 aromatic carbocycles. The van der Waals surface area contributed by atoms with Gasteiger partial charge in [-0.1, -0.05) is 0 Å². The van der Waals surface area contributed by atoms with Crippen molar-refractivity contribution in [2.24, 2.45) is 5.41 Å². The van der Waals surface area contributed by atoms with Crippen molar-refractivity contribution in [3.63, 3.8) is 0 Å². The Morgan fingerprint density at radius 3 is 2.55 bits per heavy atom. The summed E-state index contributed by atoms with van der Waals surface area (Å²) in [5, 5.41) is 10.6. The van der Waals surface area contributed by atoms with Crippen LogP contribution in [0.15, 0.2) is 0 Å². The van der Waals surface area contributed by atoms with E-state index < -0.39 is 5.60 Å². The number of rotatable bonds is 3. The molecule has 116 valence electrons. The van der Waals surface area contributed by atoms with Gasteiger partial charge >= 0.3 is 0 Å². The zero-order chi connectivity index (χ0) is 15.0. The van der Waals surface area contributed by atoms with Crippen LogP contribution in [0.5, 0.6) is 0 Å². The average Bonchev–Trinajstić information content (AvgIpc) is 2.69. The number of aliphatic hydroxyl groups is 1. The molecule has 0 unspecified atom stereocenters. The normalized spacial score (nSPS) is 35.8. The van der Waals surface area contributed by atoms with Gasteiger partial charge < -0.3 is 19.8 Å². The first-order valence-electron chi connectivity index (χ1n) is 7.59. The Morgan fingerprint density at radius 2 is 1.95 bits per heavy atom. The maximum Gasteiger partial charge on any atom is 0.229 e. The molecule has 0 radical (unpaired) electrons. The molecule has 1 N–H and O–H groups in total. The van der Waals surface area contributed by atoms with Crippen LogP contribution >= 0.6 is 0 Å². The number of piperidine rings is 1. The van der Waals surface area contributed by atoms with Crippen molar-refractivity contribution in [2.75, 3.05) is 53.9 Å². The quantitative estimate of drug-likeness (QED) is 0.806. The van der Waals surface area contributed by atoms with E-state index in [1.165, 1.54) is 0 Å². The summed E-state index contributed by atoms with van der Waals surface area (Å²) in [6, 6.07) is 0. The van der Waals surface area contributed by atoms with E-state index in [-0.39, 0.29) is 11.3 Å². The van der Waals surface area contributed by atoms with E-state index in [4.69, 9.17) is 0 Å². The van der Waals surface area contributed by atoms with Crippen molar-refractivity contribution in [1.29, 1.82) is 0 Å². The zero-order valence-corrected chi connectivity index (χ0v) is 13.4. The molecule has 0 spiro atoms. The second-order valence-corrected chi connectivity index (χ2v) is 7.34. The summed E-state index contributed by atoms with van der Waals surface area (Å²) in [7, 11) is 6.00. The Labute approximate surface area is 122 Å². The molecule has 2 saturated heterocycles. The molecule has 0 aliphatic carbocycles. The van der Waals surface area contributed by atoms with Crippen LogP contribution in [-0.2, 0) is 4.79 Å². The van der Waals surface area contributed by atoms with Crippen molar-refractivity contribution in [3.05, 3.63) is 0 Å². The maximum absolute atomic E-state index is 12.8. The highest BCUT2D eigenvalue weighted by Gasteiger charge is 2.45. The zero-order valence-electron chi connectivity index (χ0n) is 13.4.